The molecular formula is C8H8F10O. The lowest BCUT2D eigenvalue weighted by molar-refractivity contribution is -0.408. The van der Waals surface area contributed by atoms with Crippen LogP contribution in [0.1, 0.15) is 12.8 Å². The molecule has 0 heterocycles. The van der Waals surface area contributed by atoms with E-state index in [-0.39, 0.29) is 0 Å². The average Bonchev–Trinajstić information content (AvgIpc) is 2.13. The van der Waals surface area contributed by atoms with Crippen molar-refractivity contribution in [3.63, 3.8) is 0 Å². The maximum absolute atomic E-state index is 12.6. The van der Waals surface area contributed by atoms with Crippen molar-refractivity contribution in [1.29, 1.82) is 0 Å². The summed E-state index contributed by atoms with van der Waals surface area (Å²) in [5, 5.41) is 0. The van der Waals surface area contributed by atoms with Gasteiger partial charge in [0, 0.05) is 12.8 Å². The molecule has 11 heteroatoms. The smallest absolute Gasteiger partial charge is 0.251 e. The van der Waals surface area contributed by atoms with E-state index in [1.165, 1.54) is 0 Å². The largest absolute Gasteiger partial charge is 0.391 e. The van der Waals surface area contributed by atoms with Crippen LogP contribution in [-0.4, -0.2) is 37.4 Å². The summed E-state index contributed by atoms with van der Waals surface area (Å²) >= 11 is 0. The Hall–Kier alpha value is -0.740. The van der Waals surface area contributed by atoms with Crippen LogP contribution < -0.4 is 0 Å². The van der Waals surface area contributed by atoms with E-state index in [0.717, 1.165) is 0 Å². The standard InChI is InChI=1S/C8H8F10O/c9-3(1-5(11)12)7(15,16)19-8(17,18)4(10)2-6(13)14/h3-6H,1-2H2. The first kappa shape index (κ1) is 18.3. The van der Waals surface area contributed by atoms with Gasteiger partial charge in [0.05, 0.1) is 0 Å². The number of alkyl halides is 10. The van der Waals surface area contributed by atoms with Crippen LogP contribution >= 0.6 is 0 Å². The fourth-order valence-corrected chi connectivity index (χ4v) is 0.897. The molecule has 0 radical (unpaired) electrons. The van der Waals surface area contributed by atoms with Crippen LogP contribution in [0, 0.1) is 0 Å². The molecule has 0 aliphatic carbocycles. The van der Waals surface area contributed by atoms with Crippen molar-refractivity contribution >= 4 is 0 Å². The minimum atomic E-state index is -5.44. The highest BCUT2D eigenvalue weighted by molar-refractivity contribution is 4.75. The summed E-state index contributed by atoms with van der Waals surface area (Å²) in [5.74, 6) is 0. The summed E-state index contributed by atoms with van der Waals surface area (Å²) in [6.07, 6.45) is -30.0. The molecule has 0 aromatic heterocycles. The molecule has 0 saturated carbocycles. The van der Waals surface area contributed by atoms with Crippen molar-refractivity contribution in [3.05, 3.63) is 0 Å². The van der Waals surface area contributed by atoms with Gasteiger partial charge in [0.1, 0.15) is 0 Å². The van der Waals surface area contributed by atoms with Gasteiger partial charge in [-0.2, -0.15) is 17.6 Å². The first-order chi connectivity index (χ1) is 8.38. The zero-order chi connectivity index (χ0) is 15.4. The Morgan fingerprint density at radius 3 is 1.11 bits per heavy atom. The second-order valence-electron chi connectivity index (χ2n) is 3.41. The van der Waals surface area contributed by atoms with E-state index in [1.54, 1.807) is 0 Å². The van der Waals surface area contributed by atoms with E-state index in [0.29, 0.717) is 0 Å². The van der Waals surface area contributed by atoms with Crippen LogP contribution in [0.5, 0.6) is 0 Å². The average molecular weight is 310 g/mol. The van der Waals surface area contributed by atoms with Crippen molar-refractivity contribution < 1.29 is 48.6 Å². The molecule has 0 bridgehead atoms. The van der Waals surface area contributed by atoms with Crippen molar-refractivity contribution in [2.24, 2.45) is 0 Å². The van der Waals surface area contributed by atoms with E-state index in [2.05, 4.69) is 4.74 Å². The SMILES string of the molecule is FC(F)CC(F)C(F)(F)OC(F)(F)C(F)CC(F)F. The van der Waals surface area contributed by atoms with Gasteiger partial charge >= 0.3 is 12.2 Å². The number of rotatable bonds is 8. The van der Waals surface area contributed by atoms with Crippen LogP contribution in [0.2, 0.25) is 0 Å². The summed E-state index contributed by atoms with van der Waals surface area (Å²) in [6, 6.07) is 0. The van der Waals surface area contributed by atoms with Crippen molar-refractivity contribution in [3.8, 4) is 0 Å². The Kier molecular flexibility index (Phi) is 6.36. The summed E-state index contributed by atoms with van der Waals surface area (Å²) in [5.41, 5.74) is 0. The molecule has 19 heavy (non-hydrogen) atoms. The van der Waals surface area contributed by atoms with Gasteiger partial charge in [-0.05, 0) is 0 Å². The molecule has 0 N–H and O–H groups in total. The Bertz CT molecular complexity index is 242. The Balaban J connectivity index is 4.69. The molecule has 0 aromatic rings. The topological polar surface area (TPSA) is 9.23 Å². The van der Waals surface area contributed by atoms with Crippen LogP contribution in [0.15, 0.2) is 0 Å². The molecule has 0 rings (SSSR count). The second-order valence-corrected chi connectivity index (χ2v) is 3.41. The number of ether oxygens (including phenoxy) is 1. The number of hydrogen-bond acceptors (Lipinski definition) is 1. The van der Waals surface area contributed by atoms with E-state index in [1.807, 2.05) is 0 Å². The third-order valence-corrected chi connectivity index (χ3v) is 1.77. The highest BCUT2D eigenvalue weighted by atomic mass is 19.3. The second kappa shape index (κ2) is 6.62. The lowest BCUT2D eigenvalue weighted by Gasteiger charge is -2.27. The van der Waals surface area contributed by atoms with Crippen LogP contribution in [-0.2, 0) is 4.74 Å². The zero-order valence-electron chi connectivity index (χ0n) is 8.91. The molecule has 0 amide bonds. The number of halogens is 10. The predicted octanol–water partition coefficient (Wildman–Crippen LogP) is 4.18. The third-order valence-electron chi connectivity index (χ3n) is 1.77. The molecule has 116 valence electrons. The first-order valence-corrected chi connectivity index (χ1v) is 4.68. The van der Waals surface area contributed by atoms with Crippen molar-refractivity contribution in [1.82, 2.24) is 0 Å². The van der Waals surface area contributed by atoms with Crippen molar-refractivity contribution in [2.45, 2.75) is 50.3 Å². The lowest BCUT2D eigenvalue weighted by Crippen LogP contribution is -2.45. The van der Waals surface area contributed by atoms with Gasteiger partial charge in [-0.15, -0.1) is 0 Å². The first-order valence-electron chi connectivity index (χ1n) is 4.68. The fourth-order valence-electron chi connectivity index (χ4n) is 0.897. The Morgan fingerprint density at radius 2 is 0.895 bits per heavy atom. The maximum Gasteiger partial charge on any atom is 0.391 e. The number of hydrogen-bond donors (Lipinski definition) is 0. The summed E-state index contributed by atoms with van der Waals surface area (Å²) in [7, 11) is 0. The fraction of sp³-hybridized carbons (Fsp3) is 1.00. The summed E-state index contributed by atoms with van der Waals surface area (Å²) in [6.45, 7) is 0. The van der Waals surface area contributed by atoms with E-state index in [9.17, 15) is 43.9 Å². The van der Waals surface area contributed by atoms with Gasteiger partial charge in [0.25, 0.3) is 0 Å². The zero-order valence-corrected chi connectivity index (χ0v) is 8.91. The highest BCUT2D eigenvalue weighted by Gasteiger charge is 2.55. The van der Waals surface area contributed by atoms with E-state index < -0.39 is 50.3 Å². The van der Waals surface area contributed by atoms with Gasteiger partial charge in [0.2, 0.25) is 12.9 Å². The van der Waals surface area contributed by atoms with Crippen LogP contribution in [0.4, 0.5) is 43.9 Å². The maximum atomic E-state index is 12.6. The lowest BCUT2D eigenvalue weighted by atomic mass is 10.2. The molecular weight excluding hydrogens is 302 g/mol. The van der Waals surface area contributed by atoms with Crippen LogP contribution in [0.25, 0.3) is 0 Å². The van der Waals surface area contributed by atoms with E-state index >= 15 is 0 Å². The van der Waals surface area contributed by atoms with E-state index in [4.69, 9.17) is 0 Å². The van der Waals surface area contributed by atoms with Gasteiger partial charge in [-0.25, -0.2) is 26.3 Å². The highest BCUT2D eigenvalue weighted by Crippen LogP contribution is 2.37. The predicted molar refractivity (Wildman–Crippen MR) is 42.0 cm³/mol. The van der Waals surface area contributed by atoms with Crippen molar-refractivity contribution in [2.75, 3.05) is 0 Å². The van der Waals surface area contributed by atoms with Crippen LogP contribution in [0.3, 0.4) is 0 Å². The molecule has 0 fully saturated rings. The van der Waals surface area contributed by atoms with Gasteiger partial charge in [-0.3, -0.25) is 4.74 Å². The molecule has 2 atom stereocenters. The molecule has 0 spiro atoms. The summed E-state index contributed by atoms with van der Waals surface area (Å²) in [4.78, 5) is 0. The minimum absolute atomic E-state index is 2.13. The monoisotopic (exact) mass is 310 g/mol. The molecule has 0 aromatic carbocycles. The molecule has 0 saturated heterocycles. The Morgan fingerprint density at radius 1 is 0.632 bits per heavy atom. The van der Waals surface area contributed by atoms with Gasteiger partial charge in [-0.1, -0.05) is 0 Å². The molecule has 0 aliphatic rings. The van der Waals surface area contributed by atoms with Gasteiger partial charge < -0.3 is 0 Å². The molecule has 0 aliphatic heterocycles. The molecule has 1 nitrogen and oxygen atoms in total. The molecule has 2 unspecified atom stereocenters. The quantitative estimate of drug-likeness (QED) is 0.611. The Labute approximate surface area is 100 Å². The minimum Gasteiger partial charge on any atom is -0.251 e. The third kappa shape index (κ3) is 6.30. The van der Waals surface area contributed by atoms with Gasteiger partial charge in [0.15, 0.2) is 12.3 Å². The summed E-state index contributed by atoms with van der Waals surface area (Å²) < 4.78 is 124. The normalized spacial score (nSPS) is 17.1.